The second-order valence-corrected chi connectivity index (χ2v) is 13.2. The summed E-state index contributed by atoms with van der Waals surface area (Å²) >= 11 is 7.24. The Bertz CT molecular complexity index is 1280. The molecular weight excluding hydrogens is 510 g/mol. The van der Waals surface area contributed by atoms with Crippen LogP contribution in [0.25, 0.3) is 0 Å². The number of amides is 2. The Labute approximate surface area is 214 Å². The minimum Gasteiger partial charge on any atom is -0.444 e. The summed E-state index contributed by atoms with van der Waals surface area (Å²) in [5.74, 6) is -0.527. The highest BCUT2D eigenvalue weighted by Crippen LogP contribution is 2.28. The molecule has 0 atom stereocenters. The lowest BCUT2D eigenvalue weighted by atomic mass is 9.99. The number of carbonyl (C=O) groups is 2. The number of halogens is 1. The molecule has 0 aliphatic carbocycles. The van der Waals surface area contributed by atoms with Crippen molar-refractivity contribution in [3.05, 3.63) is 62.4 Å². The summed E-state index contributed by atoms with van der Waals surface area (Å²) in [5.41, 5.74) is 2.25. The van der Waals surface area contributed by atoms with Crippen LogP contribution in [0.4, 0.5) is 10.5 Å². The van der Waals surface area contributed by atoms with Gasteiger partial charge in [0.2, 0.25) is 10.0 Å². The van der Waals surface area contributed by atoms with Gasteiger partial charge in [-0.3, -0.25) is 9.52 Å². The van der Waals surface area contributed by atoms with Crippen LogP contribution in [0.3, 0.4) is 0 Å². The van der Waals surface area contributed by atoms with Gasteiger partial charge in [-0.2, -0.15) is 0 Å². The Morgan fingerprint density at radius 2 is 1.97 bits per heavy atom. The molecule has 1 N–H and O–H groups in total. The first kappa shape index (κ1) is 25.5. The minimum absolute atomic E-state index is 0.0584. The molecule has 0 spiro atoms. The van der Waals surface area contributed by atoms with Crippen molar-refractivity contribution < 1.29 is 22.7 Å². The molecular formula is C24H28ClN3O5S2. The average molecular weight is 538 g/mol. The maximum atomic E-state index is 12.9. The van der Waals surface area contributed by atoms with E-state index in [2.05, 4.69) is 4.72 Å². The zero-order valence-corrected chi connectivity index (χ0v) is 22.2. The Morgan fingerprint density at radius 3 is 2.66 bits per heavy atom. The van der Waals surface area contributed by atoms with E-state index in [4.69, 9.17) is 16.3 Å². The first-order chi connectivity index (χ1) is 16.4. The van der Waals surface area contributed by atoms with Crippen LogP contribution >= 0.6 is 22.9 Å². The van der Waals surface area contributed by atoms with E-state index in [1.165, 1.54) is 16.2 Å². The minimum atomic E-state index is -3.69. The maximum Gasteiger partial charge on any atom is 0.410 e. The number of thiophene rings is 1. The Kier molecular flexibility index (Phi) is 7.17. The lowest BCUT2D eigenvalue weighted by Gasteiger charge is -2.31. The highest BCUT2D eigenvalue weighted by atomic mass is 35.5. The zero-order chi connectivity index (χ0) is 25.4. The molecule has 35 heavy (non-hydrogen) atoms. The normalized spacial score (nSPS) is 16.2. The molecule has 8 nitrogen and oxygen atoms in total. The van der Waals surface area contributed by atoms with Crippen molar-refractivity contribution in [1.29, 1.82) is 0 Å². The van der Waals surface area contributed by atoms with Crippen LogP contribution in [0.1, 0.15) is 36.8 Å². The Balaban J connectivity index is 1.37. The predicted octanol–water partition coefficient (Wildman–Crippen LogP) is 4.09. The van der Waals surface area contributed by atoms with Gasteiger partial charge in [0.25, 0.3) is 5.91 Å². The van der Waals surface area contributed by atoms with E-state index in [-0.39, 0.29) is 30.0 Å². The van der Waals surface area contributed by atoms with Crippen molar-refractivity contribution >= 4 is 50.6 Å². The molecule has 2 amide bonds. The van der Waals surface area contributed by atoms with Gasteiger partial charge in [-0.05, 0) is 75.1 Å². The van der Waals surface area contributed by atoms with Crippen LogP contribution in [0.15, 0.2) is 42.1 Å². The molecule has 3 heterocycles. The quantitative estimate of drug-likeness (QED) is 0.599. The number of ether oxygens (including phenoxy) is 1. The van der Waals surface area contributed by atoms with Gasteiger partial charge in [-0.1, -0.05) is 17.7 Å². The Hall–Kier alpha value is -2.56. The van der Waals surface area contributed by atoms with Crippen LogP contribution in [0.5, 0.6) is 0 Å². The molecule has 0 saturated carbocycles. The first-order valence-electron chi connectivity index (χ1n) is 11.3. The number of sulfonamides is 1. The molecule has 0 unspecified atom stereocenters. The van der Waals surface area contributed by atoms with E-state index in [1.807, 2.05) is 39.0 Å². The maximum absolute atomic E-state index is 12.9. The second-order valence-electron chi connectivity index (χ2n) is 9.52. The third-order valence-electron chi connectivity index (χ3n) is 5.63. The topological polar surface area (TPSA) is 96.0 Å². The number of aryl methyl sites for hydroxylation is 1. The average Bonchev–Trinajstić information content (AvgIpc) is 3.35. The molecule has 0 radical (unpaired) electrons. The molecule has 188 valence electrons. The molecule has 1 aromatic heterocycles. The van der Waals surface area contributed by atoms with Gasteiger partial charge in [0.1, 0.15) is 11.3 Å². The fourth-order valence-electron chi connectivity index (χ4n) is 3.94. The summed E-state index contributed by atoms with van der Waals surface area (Å²) in [7, 11) is -3.69. The molecule has 0 fully saturated rings. The molecule has 0 bridgehead atoms. The van der Waals surface area contributed by atoms with Crippen molar-refractivity contribution in [2.45, 2.75) is 45.8 Å². The number of nitrogens with one attached hydrogen (secondary N) is 1. The van der Waals surface area contributed by atoms with E-state index < -0.39 is 15.6 Å². The molecule has 11 heteroatoms. The number of nitrogens with zero attached hydrogens (tertiary/aromatic N) is 2. The van der Waals surface area contributed by atoms with E-state index in [1.54, 1.807) is 23.1 Å². The lowest BCUT2D eigenvalue weighted by Crippen LogP contribution is -2.40. The van der Waals surface area contributed by atoms with Crippen molar-refractivity contribution in [2.24, 2.45) is 0 Å². The van der Waals surface area contributed by atoms with Crippen LogP contribution in [0.2, 0.25) is 4.34 Å². The van der Waals surface area contributed by atoms with Gasteiger partial charge in [0.15, 0.2) is 0 Å². The number of benzene rings is 1. The molecule has 0 saturated heterocycles. The number of hydrogen-bond donors (Lipinski definition) is 1. The lowest BCUT2D eigenvalue weighted by molar-refractivity contribution is -0.114. The van der Waals surface area contributed by atoms with E-state index in [0.29, 0.717) is 36.0 Å². The van der Waals surface area contributed by atoms with Gasteiger partial charge in [0.05, 0.1) is 10.1 Å². The van der Waals surface area contributed by atoms with Crippen LogP contribution in [-0.2, 0) is 38.9 Å². The molecule has 2 aliphatic heterocycles. The second kappa shape index (κ2) is 9.83. The summed E-state index contributed by atoms with van der Waals surface area (Å²) in [5, 5.41) is 0. The van der Waals surface area contributed by atoms with Crippen molar-refractivity contribution in [2.75, 3.05) is 23.7 Å². The largest absolute Gasteiger partial charge is 0.444 e. The Morgan fingerprint density at radius 1 is 1.20 bits per heavy atom. The zero-order valence-electron chi connectivity index (χ0n) is 19.8. The smallest absolute Gasteiger partial charge is 0.410 e. The highest BCUT2D eigenvalue weighted by molar-refractivity contribution is 7.89. The molecule has 2 aromatic rings. The molecule has 2 aliphatic rings. The van der Waals surface area contributed by atoms with Gasteiger partial charge >= 0.3 is 6.09 Å². The number of hydrogen-bond acceptors (Lipinski definition) is 6. The summed E-state index contributed by atoms with van der Waals surface area (Å²) < 4.78 is 33.6. The number of carbonyl (C=O) groups excluding carboxylic acids is 2. The van der Waals surface area contributed by atoms with Crippen molar-refractivity contribution in [1.82, 2.24) is 9.62 Å². The fourth-order valence-corrected chi connectivity index (χ4v) is 6.25. The van der Waals surface area contributed by atoms with E-state index in [0.717, 1.165) is 16.0 Å². The van der Waals surface area contributed by atoms with E-state index >= 15 is 0 Å². The summed E-state index contributed by atoms with van der Waals surface area (Å²) in [4.78, 5) is 29.4. The standard InChI is InChI=1S/C24H28ClN3O5S2/c1-24(2,3)33-23(30)27-11-8-16-14-18(5-4-17(16)15-27)28-12-9-20(22(28)29)26-35(31,32)13-10-19-6-7-21(25)34-19/h4-7,9,14,26H,8,10-13,15H2,1-3H3. The number of rotatable bonds is 6. The van der Waals surface area contributed by atoms with E-state index in [9.17, 15) is 18.0 Å². The highest BCUT2D eigenvalue weighted by Gasteiger charge is 2.30. The van der Waals surface area contributed by atoms with Crippen LogP contribution in [-0.4, -0.2) is 49.8 Å². The predicted molar refractivity (Wildman–Crippen MR) is 137 cm³/mol. The van der Waals surface area contributed by atoms with Crippen LogP contribution < -0.4 is 9.62 Å². The van der Waals surface area contributed by atoms with Crippen molar-refractivity contribution in [3.63, 3.8) is 0 Å². The number of fused-ring (bicyclic) bond motifs is 1. The van der Waals surface area contributed by atoms with Crippen molar-refractivity contribution in [3.8, 4) is 0 Å². The third-order valence-corrected chi connectivity index (χ3v) is 8.19. The number of anilines is 1. The summed E-state index contributed by atoms with van der Waals surface area (Å²) in [6.07, 6.45) is 2.21. The van der Waals surface area contributed by atoms with Gasteiger partial charge in [-0.15, -0.1) is 11.3 Å². The monoisotopic (exact) mass is 537 g/mol. The van der Waals surface area contributed by atoms with Crippen LogP contribution in [0, 0.1) is 0 Å². The van der Waals surface area contributed by atoms with Gasteiger partial charge < -0.3 is 14.5 Å². The molecule has 4 rings (SSSR count). The SMILES string of the molecule is CC(C)(C)OC(=O)N1CCc2cc(N3CC=C(NS(=O)(=O)CCc4ccc(Cl)s4)C3=O)ccc2C1. The van der Waals surface area contributed by atoms with Gasteiger partial charge in [0, 0.05) is 30.2 Å². The fraction of sp³-hybridized carbons (Fsp3) is 0.417. The first-order valence-corrected chi connectivity index (χ1v) is 14.1. The molecule has 1 aromatic carbocycles. The summed E-state index contributed by atoms with van der Waals surface area (Å²) in [6.45, 7) is 6.76. The summed E-state index contributed by atoms with van der Waals surface area (Å²) in [6, 6.07) is 9.19. The third kappa shape index (κ3) is 6.36. The van der Waals surface area contributed by atoms with Gasteiger partial charge in [-0.25, -0.2) is 13.2 Å².